The third-order valence-corrected chi connectivity index (χ3v) is 7.07. The standard InChI is InChI=1S/C24H20ClN3O4S/c1-32-19-7-5-14(25)12-15(19)13-4-6-17-16(11-13)24(31)28-9-8-18(21(28)23(30)26-17)27-22(29)20-3-2-10-33-20/h2-7,10-12,18,21H,8-9H2,1H3,(H,26,30)(H,27,29)/t18-,21-/m0/s1. The minimum Gasteiger partial charge on any atom is -0.496 e. The van der Waals surface area contributed by atoms with Crippen LogP contribution in [0.1, 0.15) is 26.5 Å². The molecule has 2 aromatic carbocycles. The molecule has 33 heavy (non-hydrogen) atoms. The van der Waals surface area contributed by atoms with Gasteiger partial charge in [0.2, 0.25) is 5.91 Å². The van der Waals surface area contributed by atoms with Gasteiger partial charge in [0.05, 0.1) is 29.3 Å². The Morgan fingerprint density at radius 2 is 2.03 bits per heavy atom. The minimum absolute atomic E-state index is 0.241. The summed E-state index contributed by atoms with van der Waals surface area (Å²) in [6.07, 6.45) is 0.498. The van der Waals surface area contributed by atoms with E-state index in [9.17, 15) is 14.4 Å². The Bertz CT molecular complexity index is 1260. The zero-order chi connectivity index (χ0) is 23.1. The first-order valence-corrected chi connectivity index (χ1v) is 11.7. The first kappa shape index (κ1) is 21.5. The van der Waals surface area contributed by atoms with Crippen LogP contribution in [0.25, 0.3) is 11.1 Å². The van der Waals surface area contributed by atoms with Gasteiger partial charge in [0.1, 0.15) is 11.8 Å². The van der Waals surface area contributed by atoms with Crippen LogP contribution in [0.3, 0.4) is 0 Å². The number of halogens is 1. The van der Waals surface area contributed by atoms with E-state index in [2.05, 4.69) is 10.6 Å². The van der Waals surface area contributed by atoms with Crippen molar-refractivity contribution < 1.29 is 19.1 Å². The highest BCUT2D eigenvalue weighted by Crippen LogP contribution is 2.36. The quantitative estimate of drug-likeness (QED) is 0.588. The first-order chi connectivity index (χ1) is 16.0. The third-order valence-electron chi connectivity index (χ3n) is 5.97. The van der Waals surface area contributed by atoms with Crippen LogP contribution in [0.4, 0.5) is 5.69 Å². The van der Waals surface area contributed by atoms with Crippen molar-refractivity contribution in [2.24, 2.45) is 0 Å². The van der Waals surface area contributed by atoms with E-state index in [0.717, 1.165) is 11.1 Å². The van der Waals surface area contributed by atoms with Crippen LogP contribution in [0, 0.1) is 0 Å². The summed E-state index contributed by atoms with van der Waals surface area (Å²) in [5.74, 6) is -0.192. The molecule has 0 radical (unpaired) electrons. The zero-order valence-corrected chi connectivity index (χ0v) is 19.2. The molecule has 2 aliphatic heterocycles. The van der Waals surface area contributed by atoms with Crippen LogP contribution in [0.2, 0.25) is 5.02 Å². The van der Waals surface area contributed by atoms with Gasteiger partial charge < -0.3 is 20.3 Å². The molecule has 5 rings (SSSR count). The van der Waals surface area contributed by atoms with Crippen molar-refractivity contribution in [1.82, 2.24) is 10.2 Å². The minimum atomic E-state index is -0.780. The fourth-order valence-corrected chi connectivity index (χ4v) is 5.21. The molecule has 3 amide bonds. The number of nitrogens with one attached hydrogen (secondary N) is 2. The fraction of sp³-hybridized carbons (Fsp3) is 0.208. The van der Waals surface area contributed by atoms with Crippen LogP contribution in [-0.2, 0) is 4.79 Å². The number of carbonyl (C=O) groups excluding carboxylic acids is 3. The number of amides is 3. The number of benzene rings is 2. The Morgan fingerprint density at radius 3 is 2.79 bits per heavy atom. The Morgan fingerprint density at radius 1 is 1.18 bits per heavy atom. The molecular formula is C24H20ClN3O4S. The van der Waals surface area contributed by atoms with Crippen LogP contribution >= 0.6 is 22.9 Å². The van der Waals surface area contributed by atoms with Crippen molar-refractivity contribution in [1.29, 1.82) is 0 Å². The predicted octanol–water partition coefficient (Wildman–Crippen LogP) is 4.04. The smallest absolute Gasteiger partial charge is 0.261 e. The van der Waals surface area contributed by atoms with E-state index in [1.54, 1.807) is 54.5 Å². The summed E-state index contributed by atoms with van der Waals surface area (Å²) >= 11 is 7.52. The highest BCUT2D eigenvalue weighted by molar-refractivity contribution is 7.12. The van der Waals surface area contributed by atoms with Gasteiger partial charge in [0.15, 0.2) is 0 Å². The number of hydrogen-bond donors (Lipinski definition) is 2. The largest absolute Gasteiger partial charge is 0.496 e. The van der Waals surface area contributed by atoms with Gasteiger partial charge in [-0.3, -0.25) is 14.4 Å². The Kier molecular flexibility index (Phi) is 5.55. The number of rotatable bonds is 4. The molecule has 168 valence electrons. The maximum absolute atomic E-state index is 13.5. The van der Waals surface area contributed by atoms with Gasteiger partial charge in [0, 0.05) is 17.1 Å². The van der Waals surface area contributed by atoms with Gasteiger partial charge >= 0.3 is 0 Å². The van der Waals surface area contributed by atoms with Gasteiger partial charge in [-0.1, -0.05) is 23.7 Å². The average Bonchev–Trinajstić information content (AvgIpc) is 3.47. The monoisotopic (exact) mass is 481 g/mol. The summed E-state index contributed by atoms with van der Waals surface area (Å²) in [7, 11) is 1.57. The molecule has 3 heterocycles. The average molecular weight is 482 g/mol. The molecule has 0 unspecified atom stereocenters. The van der Waals surface area contributed by atoms with Crippen molar-refractivity contribution in [3.8, 4) is 16.9 Å². The van der Waals surface area contributed by atoms with E-state index in [1.807, 2.05) is 11.4 Å². The van der Waals surface area contributed by atoms with E-state index in [-0.39, 0.29) is 17.7 Å². The third kappa shape index (κ3) is 3.85. The molecule has 1 aromatic heterocycles. The zero-order valence-electron chi connectivity index (χ0n) is 17.6. The number of thiophene rings is 1. The van der Waals surface area contributed by atoms with Gasteiger partial charge in [-0.15, -0.1) is 11.3 Å². The molecular weight excluding hydrogens is 462 g/mol. The van der Waals surface area contributed by atoms with E-state index < -0.39 is 12.1 Å². The molecule has 1 fully saturated rings. The Hall–Kier alpha value is -3.36. The summed E-state index contributed by atoms with van der Waals surface area (Å²) in [5, 5.41) is 8.17. The van der Waals surface area contributed by atoms with Gasteiger partial charge in [-0.2, -0.15) is 0 Å². The lowest BCUT2D eigenvalue weighted by Crippen LogP contribution is -2.51. The number of fused-ring (bicyclic) bond motifs is 2. The van der Waals surface area contributed by atoms with Gasteiger partial charge in [-0.25, -0.2) is 0 Å². The van der Waals surface area contributed by atoms with Crippen molar-refractivity contribution in [3.05, 3.63) is 69.4 Å². The summed E-state index contributed by atoms with van der Waals surface area (Å²) in [6.45, 7) is 0.371. The summed E-state index contributed by atoms with van der Waals surface area (Å²) in [5.41, 5.74) is 2.31. The van der Waals surface area contributed by atoms with E-state index >= 15 is 0 Å². The Labute approximate surface area is 199 Å². The van der Waals surface area contributed by atoms with Crippen molar-refractivity contribution in [3.63, 3.8) is 0 Å². The molecule has 2 atom stereocenters. The number of nitrogens with zero attached hydrogens (tertiary/aromatic N) is 1. The van der Waals surface area contributed by atoms with Gasteiger partial charge in [0.25, 0.3) is 11.8 Å². The summed E-state index contributed by atoms with van der Waals surface area (Å²) in [4.78, 5) is 41.3. The molecule has 0 aliphatic carbocycles. The molecule has 2 N–H and O–H groups in total. The molecule has 9 heteroatoms. The lowest BCUT2D eigenvalue weighted by atomic mass is 10.0. The number of hydrogen-bond acceptors (Lipinski definition) is 5. The van der Waals surface area contributed by atoms with E-state index in [1.165, 1.54) is 11.3 Å². The number of ether oxygens (including phenoxy) is 1. The van der Waals surface area contributed by atoms with Crippen molar-refractivity contribution in [2.45, 2.75) is 18.5 Å². The summed E-state index contributed by atoms with van der Waals surface area (Å²) < 4.78 is 5.46. The lowest BCUT2D eigenvalue weighted by Gasteiger charge is -2.24. The second-order valence-electron chi connectivity index (χ2n) is 7.88. The molecule has 0 saturated carbocycles. The molecule has 0 bridgehead atoms. The van der Waals surface area contributed by atoms with E-state index in [4.69, 9.17) is 16.3 Å². The molecule has 2 aliphatic rings. The highest BCUT2D eigenvalue weighted by Gasteiger charge is 2.45. The maximum atomic E-state index is 13.5. The number of carbonyl (C=O) groups is 3. The molecule has 7 nitrogen and oxygen atoms in total. The van der Waals surface area contributed by atoms with Crippen molar-refractivity contribution in [2.75, 3.05) is 19.0 Å². The second kappa shape index (κ2) is 8.53. The predicted molar refractivity (Wildman–Crippen MR) is 127 cm³/mol. The number of methoxy groups -OCH3 is 1. The summed E-state index contributed by atoms with van der Waals surface area (Å²) in [6, 6.07) is 12.8. The van der Waals surface area contributed by atoms with Gasteiger partial charge in [-0.05, 0) is 53.8 Å². The lowest BCUT2D eigenvalue weighted by molar-refractivity contribution is -0.120. The van der Waals surface area contributed by atoms with Crippen LogP contribution in [-0.4, -0.2) is 48.4 Å². The van der Waals surface area contributed by atoms with Crippen LogP contribution < -0.4 is 15.4 Å². The Balaban J connectivity index is 1.47. The van der Waals surface area contributed by atoms with Crippen LogP contribution in [0.5, 0.6) is 5.75 Å². The molecule has 3 aromatic rings. The number of anilines is 1. The molecule has 1 saturated heterocycles. The highest BCUT2D eigenvalue weighted by atomic mass is 35.5. The van der Waals surface area contributed by atoms with Crippen molar-refractivity contribution >= 4 is 46.3 Å². The topological polar surface area (TPSA) is 87.7 Å². The second-order valence-corrected chi connectivity index (χ2v) is 9.27. The van der Waals surface area contributed by atoms with Crippen LogP contribution in [0.15, 0.2) is 53.9 Å². The normalized spacial score (nSPS) is 19.4. The maximum Gasteiger partial charge on any atom is 0.261 e. The fourth-order valence-electron chi connectivity index (χ4n) is 4.41. The van der Waals surface area contributed by atoms with E-state index in [0.29, 0.717) is 39.9 Å². The first-order valence-electron chi connectivity index (χ1n) is 10.4. The molecule has 0 spiro atoms. The SMILES string of the molecule is COc1ccc(Cl)cc1-c1ccc2c(c1)C(=O)N1CC[C@H](NC(=O)c3cccs3)[C@H]1C(=O)N2.